The zero-order valence-corrected chi connectivity index (χ0v) is 9.81. The number of carboxylic acids is 1. The summed E-state index contributed by atoms with van der Waals surface area (Å²) < 4.78 is 4.87. The Balaban J connectivity index is 2.01. The zero-order chi connectivity index (χ0) is 12.7. The molecule has 0 aromatic carbocycles. The predicted octanol–water partition coefficient (Wildman–Crippen LogP) is 1.69. The normalized spacial score (nSPS) is 19.1. The van der Waals surface area contributed by atoms with E-state index in [-0.39, 0.29) is 18.2 Å². The number of carbonyl (C=O) groups excluding carboxylic acids is 2. The minimum atomic E-state index is -0.779. The Morgan fingerprint density at radius 2 is 1.82 bits per heavy atom. The second kappa shape index (κ2) is 7.04. The van der Waals surface area contributed by atoms with Gasteiger partial charge in [0.25, 0.3) is 0 Å². The molecule has 1 rings (SSSR count). The third kappa shape index (κ3) is 5.47. The molecule has 5 nitrogen and oxygen atoms in total. The topological polar surface area (TPSA) is 80.7 Å². The molecule has 1 saturated heterocycles. The van der Waals surface area contributed by atoms with Gasteiger partial charge in [-0.3, -0.25) is 14.4 Å². The number of ether oxygens (including phenoxy) is 1. The molecule has 0 amide bonds. The van der Waals surface area contributed by atoms with Gasteiger partial charge in [-0.15, -0.1) is 0 Å². The fourth-order valence-electron chi connectivity index (χ4n) is 1.84. The van der Waals surface area contributed by atoms with Crippen molar-refractivity contribution >= 4 is 17.7 Å². The Bertz CT molecular complexity index is 297. The van der Waals surface area contributed by atoms with Gasteiger partial charge in [-0.25, -0.2) is 0 Å². The summed E-state index contributed by atoms with van der Waals surface area (Å²) in [4.78, 5) is 32.6. The van der Waals surface area contributed by atoms with E-state index in [9.17, 15) is 14.4 Å². The predicted molar refractivity (Wildman–Crippen MR) is 59.5 cm³/mol. The Hall–Kier alpha value is -1.39. The molecule has 0 aromatic rings. The standard InChI is InChI=1S/C12H18O5/c13-9(10-7-8-12(16)17-10)5-3-1-2-4-6-11(14)15/h10H,1-8H2,(H,14,15). The first-order valence-electron chi connectivity index (χ1n) is 6.03. The lowest BCUT2D eigenvalue weighted by Gasteiger charge is -2.07. The van der Waals surface area contributed by atoms with E-state index < -0.39 is 12.1 Å². The van der Waals surface area contributed by atoms with Crippen molar-refractivity contribution in [3.8, 4) is 0 Å². The third-order valence-corrected chi connectivity index (χ3v) is 2.81. The van der Waals surface area contributed by atoms with Crippen LogP contribution in [0.3, 0.4) is 0 Å². The summed E-state index contributed by atoms with van der Waals surface area (Å²) in [6, 6.07) is 0. The number of rotatable bonds is 8. The van der Waals surface area contributed by atoms with Crippen LogP contribution in [0.1, 0.15) is 51.4 Å². The van der Waals surface area contributed by atoms with Crippen LogP contribution in [0.5, 0.6) is 0 Å². The number of hydrogen-bond donors (Lipinski definition) is 1. The van der Waals surface area contributed by atoms with Crippen LogP contribution in [0.25, 0.3) is 0 Å². The van der Waals surface area contributed by atoms with Crippen molar-refractivity contribution in [3.05, 3.63) is 0 Å². The van der Waals surface area contributed by atoms with Crippen molar-refractivity contribution < 1.29 is 24.2 Å². The highest BCUT2D eigenvalue weighted by Crippen LogP contribution is 2.17. The lowest BCUT2D eigenvalue weighted by atomic mass is 10.0. The number of aliphatic carboxylic acids is 1. The molecule has 5 heteroatoms. The van der Waals surface area contributed by atoms with Crippen molar-refractivity contribution in [2.24, 2.45) is 0 Å². The summed E-state index contributed by atoms with van der Waals surface area (Å²) >= 11 is 0. The van der Waals surface area contributed by atoms with E-state index in [0.717, 1.165) is 19.3 Å². The first-order chi connectivity index (χ1) is 8.09. The van der Waals surface area contributed by atoms with E-state index in [1.54, 1.807) is 0 Å². The quantitative estimate of drug-likeness (QED) is 0.517. The summed E-state index contributed by atoms with van der Waals surface area (Å²) in [5.41, 5.74) is 0. The summed E-state index contributed by atoms with van der Waals surface area (Å²) in [5, 5.41) is 8.42. The molecular formula is C12H18O5. The average molecular weight is 242 g/mol. The summed E-state index contributed by atoms with van der Waals surface area (Å²) in [7, 11) is 0. The average Bonchev–Trinajstić information content (AvgIpc) is 2.69. The Morgan fingerprint density at radius 3 is 2.35 bits per heavy atom. The SMILES string of the molecule is O=C(O)CCCCCCC(=O)C1CCC(=O)O1. The highest BCUT2D eigenvalue weighted by Gasteiger charge is 2.28. The first-order valence-corrected chi connectivity index (χ1v) is 6.03. The van der Waals surface area contributed by atoms with Crippen LogP contribution in [-0.2, 0) is 19.1 Å². The fraction of sp³-hybridized carbons (Fsp3) is 0.750. The maximum atomic E-state index is 11.6. The van der Waals surface area contributed by atoms with Crippen molar-refractivity contribution in [3.63, 3.8) is 0 Å². The van der Waals surface area contributed by atoms with Gasteiger partial charge in [-0.1, -0.05) is 12.8 Å². The molecule has 1 atom stereocenters. The molecule has 1 N–H and O–H groups in total. The Morgan fingerprint density at radius 1 is 1.18 bits per heavy atom. The van der Waals surface area contributed by atoms with Crippen LogP contribution in [0.4, 0.5) is 0 Å². The van der Waals surface area contributed by atoms with Crippen LogP contribution in [0.15, 0.2) is 0 Å². The Kier molecular flexibility index (Phi) is 5.66. The number of esters is 1. The fourth-order valence-corrected chi connectivity index (χ4v) is 1.84. The minimum Gasteiger partial charge on any atom is -0.481 e. The molecule has 1 unspecified atom stereocenters. The van der Waals surface area contributed by atoms with E-state index in [0.29, 0.717) is 25.7 Å². The zero-order valence-electron chi connectivity index (χ0n) is 9.81. The highest BCUT2D eigenvalue weighted by molar-refractivity contribution is 5.87. The van der Waals surface area contributed by atoms with E-state index >= 15 is 0 Å². The number of carbonyl (C=O) groups is 3. The Labute approximate surface area is 100 Å². The van der Waals surface area contributed by atoms with Crippen LogP contribution in [0, 0.1) is 0 Å². The number of Topliss-reactive ketones (excluding diaryl/α,β-unsaturated/α-hetero) is 1. The molecule has 0 bridgehead atoms. The number of unbranched alkanes of at least 4 members (excludes halogenated alkanes) is 3. The summed E-state index contributed by atoms with van der Waals surface area (Å²) in [6.07, 6.45) is 4.00. The highest BCUT2D eigenvalue weighted by atomic mass is 16.6. The van der Waals surface area contributed by atoms with E-state index in [2.05, 4.69) is 0 Å². The third-order valence-electron chi connectivity index (χ3n) is 2.81. The smallest absolute Gasteiger partial charge is 0.306 e. The molecule has 1 fully saturated rings. The van der Waals surface area contributed by atoms with Crippen LogP contribution in [-0.4, -0.2) is 28.9 Å². The van der Waals surface area contributed by atoms with Gasteiger partial charge in [0, 0.05) is 25.7 Å². The number of carboxylic acid groups (broad SMARTS) is 1. The molecular weight excluding hydrogens is 224 g/mol. The van der Waals surface area contributed by atoms with Gasteiger partial charge in [0.1, 0.15) is 0 Å². The molecule has 1 heterocycles. The van der Waals surface area contributed by atoms with Gasteiger partial charge in [0.05, 0.1) is 0 Å². The van der Waals surface area contributed by atoms with Crippen molar-refractivity contribution in [2.75, 3.05) is 0 Å². The van der Waals surface area contributed by atoms with Crippen LogP contribution < -0.4 is 0 Å². The maximum absolute atomic E-state index is 11.6. The van der Waals surface area contributed by atoms with Gasteiger partial charge in [-0.2, -0.15) is 0 Å². The molecule has 0 saturated carbocycles. The summed E-state index contributed by atoms with van der Waals surface area (Å²) in [5.74, 6) is -1.07. The molecule has 0 spiro atoms. The molecule has 0 radical (unpaired) electrons. The van der Waals surface area contributed by atoms with Gasteiger partial charge >= 0.3 is 11.9 Å². The van der Waals surface area contributed by atoms with Crippen LogP contribution in [0.2, 0.25) is 0 Å². The molecule has 1 aliphatic rings. The van der Waals surface area contributed by atoms with Crippen molar-refractivity contribution in [2.45, 2.75) is 57.5 Å². The number of hydrogen-bond acceptors (Lipinski definition) is 4. The van der Waals surface area contributed by atoms with Gasteiger partial charge < -0.3 is 9.84 Å². The van der Waals surface area contributed by atoms with Gasteiger partial charge in [0.2, 0.25) is 0 Å². The van der Waals surface area contributed by atoms with Crippen molar-refractivity contribution in [1.29, 1.82) is 0 Å². The number of cyclic esters (lactones) is 1. The number of ketones is 1. The van der Waals surface area contributed by atoms with Crippen molar-refractivity contribution in [1.82, 2.24) is 0 Å². The second-order valence-corrected chi connectivity index (χ2v) is 4.29. The van der Waals surface area contributed by atoms with Crippen LogP contribution >= 0.6 is 0 Å². The largest absolute Gasteiger partial charge is 0.481 e. The monoisotopic (exact) mass is 242 g/mol. The van der Waals surface area contributed by atoms with Gasteiger partial charge in [-0.05, 0) is 12.8 Å². The van der Waals surface area contributed by atoms with E-state index in [1.807, 2.05) is 0 Å². The lowest BCUT2D eigenvalue weighted by molar-refractivity contribution is -0.147. The molecule has 1 aliphatic heterocycles. The molecule has 96 valence electrons. The molecule has 0 aliphatic carbocycles. The molecule has 17 heavy (non-hydrogen) atoms. The molecule has 0 aromatic heterocycles. The lowest BCUT2D eigenvalue weighted by Crippen LogP contribution is -2.19. The minimum absolute atomic E-state index is 0.00548. The maximum Gasteiger partial charge on any atom is 0.306 e. The summed E-state index contributed by atoms with van der Waals surface area (Å²) in [6.45, 7) is 0. The first kappa shape index (κ1) is 13.7. The van der Waals surface area contributed by atoms with Gasteiger partial charge in [0.15, 0.2) is 11.9 Å². The second-order valence-electron chi connectivity index (χ2n) is 4.29. The van der Waals surface area contributed by atoms with E-state index in [1.165, 1.54) is 0 Å². The van der Waals surface area contributed by atoms with E-state index in [4.69, 9.17) is 9.84 Å².